The number of carbonyl (C=O) groups excluding carboxylic acids is 1. The summed E-state index contributed by atoms with van der Waals surface area (Å²) >= 11 is 6.32. The van der Waals surface area contributed by atoms with Gasteiger partial charge in [0.25, 0.3) is 5.91 Å². The fraction of sp³-hybridized carbons (Fsp3) is 0.125. The third kappa shape index (κ3) is 4.67. The first-order valence-corrected chi connectivity index (χ1v) is 11.0. The van der Waals surface area contributed by atoms with Gasteiger partial charge in [-0.1, -0.05) is 28.9 Å². The Morgan fingerprint density at radius 1 is 1.14 bits per heavy atom. The van der Waals surface area contributed by atoms with Gasteiger partial charge in [0.15, 0.2) is 5.65 Å². The molecule has 0 saturated heterocycles. The van der Waals surface area contributed by atoms with Crippen molar-refractivity contribution >= 4 is 39.6 Å². The number of benzene rings is 2. The van der Waals surface area contributed by atoms with Crippen LogP contribution in [-0.2, 0) is 11.4 Å². The van der Waals surface area contributed by atoms with Gasteiger partial charge in [-0.2, -0.15) is 0 Å². The monoisotopic (exact) mass is 492 g/mol. The van der Waals surface area contributed by atoms with E-state index >= 15 is 0 Å². The molecule has 0 spiro atoms. The molecular formula is C24H18ClFN6O3. The Labute approximate surface area is 203 Å². The Balaban J connectivity index is 1.44. The molecule has 9 nitrogen and oxygen atoms in total. The Hall–Kier alpha value is -3.99. The normalized spacial score (nSPS) is 11.3. The number of nitrogens with one attached hydrogen (secondary N) is 1. The van der Waals surface area contributed by atoms with E-state index < -0.39 is 5.91 Å². The van der Waals surface area contributed by atoms with Crippen LogP contribution in [-0.4, -0.2) is 49.2 Å². The molecule has 176 valence electrons. The number of hydroxylamine groups is 1. The van der Waals surface area contributed by atoms with Gasteiger partial charge in [-0.15, -0.1) is 5.10 Å². The van der Waals surface area contributed by atoms with Gasteiger partial charge in [-0.25, -0.2) is 19.5 Å². The quantitative estimate of drug-likeness (QED) is 0.264. The van der Waals surface area contributed by atoms with Crippen molar-refractivity contribution in [1.82, 2.24) is 30.4 Å². The van der Waals surface area contributed by atoms with Crippen LogP contribution in [0.5, 0.6) is 0 Å². The average molecular weight is 493 g/mol. The molecule has 0 unspecified atom stereocenters. The zero-order valence-electron chi connectivity index (χ0n) is 18.2. The molecular weight excluding hydrogens is 475 g/mol. The predicted molar refractivity (Wildman–Crippen MR) is 127 cm³/mol. The first kappa shape index (κ1) is 22.8. The molecule has 0 saturated carbocycles. The minimum absolute atomic E-state index is 0.0346. The van der Waals surface area contributed by atoms with E-state index in [-0.39, 0.29) is 36.2 Å². The summed E-state index contributed by atoms with van der Waals surface area (Å²) in [4.78, 5) is 25.9. The fourth-order valence-electron chi connectivity index (χ4n) is 3.62. The zero-order valence-corrected chi connectivity index (χ0v) is 18.9. The highest BCUT2D eigenvalue weighted by molar-refractivity contribution is 6.34. The standard InChI is InChI=1S/C24H18ClFN6O3/c25-18-11-15(3-4-17(18)24(34)30-35-9-8-33)20-5-6-21-23(28-20)32(31-29-21)13-16-10-14-2-1-7-27-22(14)12-19(16)26/h1-7,10-12,33H,8-9,13H2,(H,30,34). The topological polar surface area (TPSA) is 115 Å². The van der Waals surface area contributed by atoms with Crippen molar-refractivity contribution in [2.75, 3.05) is 13.2 Å². The maximum atomic E-state index is 14.7. The maximum Gasteiger partial charge on any atom is 0.276 e. The molecule has 2 N–H and O–H groups in total. The summed E-state index contributed by atoms with van der Waals surface area (Å²) in [6.45, 7) is -0.123. The molecule has 0 atom stereocenters. The van der Waals surface area contributed by atoms with E-state index in [4.69, 9.17) is 21.5 Å². The summed E-state index contributed by atoms with van der Waals surface area (Å²) in [6, 6.07) is 15.2. The second kappa shape index (κ2) is 9.71. The van der Waals surface area contributed by atoms with Gasteiger partial charge in [0.1, 0.15) is 11.3 Å². The van der Waals surface area contributed by atoms with Gasteiger partial charge in [0.2, 0.25) is 0 Å². The van der Waals surface area contributed by atoms with Crippen LogP contribution >= 0.6 is 11.6 Å². The number of pyridine rings is 2. The summed E-state index contributed by atoms with van der Waals surface area (Å²) in [5.74, 6) is -0.923. The van der Waals surface area contributed by atoms with Crippen LogP contribution in [0.4, 0.5) is 4.39 Å². The Kier molecular flexibility index (Phi) is 6.32. The summed E-state index contributed by atoms with van der Waals surface area (Å²) in [5, 5.41) is 18.1. The molecule has 3 heterocycles. The van der Waals surface area contributed by atoms with E-state index in [9.17, 15) is 9.18 Å². The Morgan fingerprint density at radius 3 is 2.86 bits per heavy atom. The third-order valence-corrected chi connectivity index (χ3v) is 5.63. The van der Waals surface area contributed by atoms with Crippen LogP contribution in [0.1, 0.15) is 15.9 Å². The minimum Gasteiger partial charge on any atom is -0.394 e. The zero-order chi connectivity index (χ0) is 24.4. The highest BCUT2D eigenvalue weighted by Crippen LogP contribution is 2.26. The Bertz CT molecular complexity index is 1560. The highest BCUT2D eigenvalue weighted by Gasteiger charge is 2.15. The number of hydrogen-bond donors (Lipinski definition) is 2. The van der Waals surface area contributed by atoms with E-state index in [0.29, 0.717) is 33.5 Å². The van der Waals surface area contributed by atoms with Crippen LogP contribution in [0.25, 0.3) is 33.3 Å². The van der Waals surface area contributed by atoms with Crippen molar-refractivity contribution in [1.29, 1.82) is 0 Å². The van der Waals surface area contributed by atoms with Crippen molar-refractivity contribution in [2.24, 2.45) is 0 Å². The summed E-state index contributed by atoms with van der Waals surface area (Å²) in [7, 11) is 0. The second-order valence-electron chi connectivity index (χ2n) is 7.62. The molecule has 5 rings (SSSR count). The van der Waals surface area contributed by atoms with E-state index in [0.717, 1.165) is 5.39 Å². The smallest absolute Gasteiger partial charge is 0.276 e. The van der Waals surface area contributed by atoms with Crippen molar-refractivity contribution in [3.8, 4) is 11.3 Å². The minimum atomic E-state index is -0.534. The fourth-order valence-corrected chi connectivity index (χ4v) is 3.89. The number of fused-ring (bicyclic) bond motifs is 2. The summed E-state index contributed by atoms with van der Waals surface area (Å²) < 4.78 is 16.2. The highest BCUT2D eigenvalue weighted by atomic mass is 35.5. The van der Waals surface area contributed by atoms with Crippen LogP contribution < -0.4 is 5.48 Å². The maximum absolute atomic E-state index is 14.7. The number of aliphatic hydroxyl groups is 1. The molecule has 2 aromatic carbocycles. The largest absolute Gasteiger partial charge is 0.394 e. The lowest BCUT2D eigenvalue weighted by Gasteiger charge is -2.09. The molecule has 5 aromatic rings. The molecule has 0 aliphatic rings. The third-order valence-electron chi connectivity index (χ3n) is 5.32. The molecule has 0 fully saturated rings. The van der Waals surface area contributed by atoms with E-state index in [1.165, 1.54) is 10.7 Å². The molecule has 0 aliphatic carbocycles. The number of hydrogen-bond acceptors (Lipinski definition) is 7. The van der Waals surface area contributed by atoms with Crippen LogP contribution in [0.2, 0.25) is 5.02 Å². The predicted octanol–water partition coefficient (Wildman–Crippen LogP) is 3.54. The van der Waals surface area contributed by atoms with Gasteiger partial charge >= 0.3 is 0 Å². The van der Waals surface area contributed by atoms with Gasteiger partial charge < -0.3 is 5.11 Å². The van der Waals surface area contributed by atoms with Gasteiger partial charge in [0, 0.05) is 28.8 Å². The summed E-state index contributed by atoms with van der Waals surface area (Å²) in [5.41, 5.74) is 5.71. The average Bonchev–Trinajstić information content (AvgIpc) is 3.26. The molecule has 11 heteroatoms. The molecule has 0 bridgehead atoms. The van der Waals surface area contributed by atoms with Gasteiger partial charge in [0.05, 0.1) is 41.6 Å². The molecule has 3 aromatic heterocycles. The van der Waals surface area contributed by atoms with Crippen LogP contribution in [0.3, 0.4) is 0 Å². The molecule has 1 amide bonds. The van der Waals surface area contributed by atoms with Gasteiger partial charge in [-0.05, 0) is 36.4 Å². The molecule has 35 heavy (non-hydrogen) atoms. The number of aromatic nitrogens is 5. The number of aliphatic hydroxyl groups excluding tert-OH is 1. The lowest BCUT2D eigenvalue weighted by molar-refractivity contribution is 0.0168. The van der Waals surface area contributed by atoms with E-state index in [2.05, 4.69) is 25.8 Å². The van der Waals surface area contributed by atoms with E-state index in [1.807, 2.05) is 6.07 Å². The van der Waals surface area contributed by atoms with Crippen molar-refractivity contribution in [3.05, 3.63) is 82.8 Å². The number of halogens is 2. The number of nitrogens with zero attached hydrogens (tertiary/aromatic N) is 5. The number of carbonyl (C=O) groups is 1. The number of amides is 1. The first-order valence-electron chi connectivity index (χ1n) is 10.6. The molecule has 0 radical (unpaired) electrons. The van der Waals surface area contributed by atoms with Crippen molar-refractivity contribution < 1.29 is 19.1 Å². The second-order valence-corrected chi connectivity index (χ2v) is 8.03. The van der Waals surface area contributed by atoms with Gasteiger partial charge in [-0.3, -0.25) is 14.6 Å². The lowest BCUT2D eigenvalue weighted by atomic mass is 10.1. The van der Waals surface area contributed by atoms with Crippen molar-refractivity contribution in [3.63, 3.8) is 0 Å². The summed E-state index contributed by atoms with van der Waals surface area (Å²) in [6.07, 6.45) is 1.62. The van der Waals surface area contributed by atoms with Crippen LogP contribution in [0.15, 0.2) is 60.8 Å². The van der Waals surface area contributed by atoms with Crippen molar-refractivity contribution in [2.45, 2.75) is 6.54 Å². The van der Waals surface area contributed by atoms with E-state index in [1.54, 1.807) is 48.7 Å². The molecule has 0 aliphatic heterocycles. The first-order chi connectivity index (χ1) is 17.0. The van der Waals surface area contributed by atoms with Crippen LogP contribution in [0, 0.1) is 5.82 Å². The number of rotatable bonds is 7. The Morgan fingerprint density at radius 2 is 2.03 bits per heavy atom. The SMILES string of the molecule is O=C(NOCCO)c1ccc(-c2ccc3nnn(Cc4cc5cccnc5cc4F)c3n2)cc1Cl. The lowest BCUT2D eigenvalue weighted by Crippen LogP contribution is -2.25.